The van der Waals surface area contributed by atoms with Gasteiger partial charge >= 0.3 is 0 Å². The smallest absolute Gasteiger partial charge is 0.213 e. The summed E-state index contributed by atoms with van der Waals surface area (Å²) in [4.78, 5) is 6.67. The minimum absolute atomic E-state index is 0.669. The first-order valence-electron chi connectivity index (χ1n) is 6.54. The molecule has 0 unspecified atom stereocenters. The van der Waals surface area contributed by atoms with Gasteiger partial charge in [-0.25, -0.2) is 4.98 Å². The summed E-state index contributed by atoms with van der Waals surface area (Å²) < 4.78 is 7.33. The molecule has 2 heterocycles. The van der Waals surface area contributed by atoms with E-state index in [4.69, 9.17) is 4.74 Å². The Labute approximate surface area is 114 Å². The average molecular weight is 259 g/mol. The van der Waals surface area contributed by atoms with E-state index in [1.165, 1.54) is 5.56 Å². The van der Waals surface area contributed by atoms with Gasteiger partial charge in [0.15, 0.2) is 0 Å². The third-order valence-corrected chi connectivity index (χ3v) is 3.05. The van der Waals surface area contributed by atoms with Crippen LogP contribution in [-0.4, -0.2) is 28.6 Å². The number of pyridine rings is 1. The number of nitrogens with zero attached hydrogens (tertiary/aromatic N) is 3. The molecule has 19 heavy (non-hydrogen) atoms. The minimum atomic E-state index is 0.669. The molecule has 0 aliphatic rings. The van der Waals surface area contributed by atoms with Crippen LogP contribution in [0.1, 0.15) is 18.2 Å². The highest BCUT2D eigenvalue weighted by atomic mass is 16.5. The van der Waals surface area contributed by atoms with E-state index in [2.05, 4.69) is 46.9 Å². The van der Waals surface area contributed by atoms with E-state index in [-0.39, 0.29) is 0 Å². The van der Waals surface area contributed by atoms with Crippen LogP contribution >= 0.6 is 0 Å². The van der Waals surface area contributed by atoms with E-state index in [9.17, 15) is 0 Å². The summed E-state index contributed by atoms with van der Waals surface area (Å²) in [5, 5.41) is 0. The van der Waals surface area contributed by atoms with Crippen molar-refractivity contribution >= 4 is 0 Å². The molecule has 0 atom stereocenters. The molecule has 4 heteroatoms. The van der Waals surface area contributed by atoms with Crippen LogP contribution in [-0.2, 0) is 19.6 Å². The van der Waals surface area contributed by atoms with Crippen molar-refractivity contribution < 1.29 is 4.74 Å². The van der Waals surface area contributed by atoms with Gasteiger partial charge in [0.25, 0.3) is 0 Å². The standard InChI is InChI=1S/C15H21N3O/c1-4-18-9-8-13(11-18)10-17(2)12-14-6-5-7-15(16-14)19-3/h5-9,11H,4,10,12H2,1-3H3. The molecule has 0 fully saturated rings. The van der Waals surface area contributed by atoms with E-state index in [1.807, 2.05) is 18.2 Å². The monoisotopic (exact) mass is 259 g/mol. The number of aromatic nitrogens is 2. The number of rotatable bonds is 6. The van der Waals surface area contributed by atoms with E-state index in [0.29, 0.717) is 5.88 Å². The zero-order valence-electron chi connectivity index (χ0n) is 11.8. The second-order valence-electron chi connectivity index (χ2n) is 4.69. The molecule has 0 saturated carbocycles. The number of methoxy groups -OCH3 is 1. The van der Waals surface area contributed by atoms with E-state index in [0.717, 1.165) is 25.3 Å². The SMILES string of the molecule is CCn1ccc(CN(C)Cc2cccc(OC)n2)c1. The molecule has 0 amide bonds. The lowest BCUT2D eigenvalue weighted by Crippen LogP contribution is -2.17. The Morgan fingerprint density at radius 2 is 2.11 bits per heavy atom. The first-order chi connectivity index (χ1) is 9.21. The van der Waals surface area contributed by atoms with Gasteiger partial charge in [0, 0.05) is 38.1 Å². The summed E-state index contributed by atoms with van der Waals surface area (Å²) in [6.45, 7) is 4.90. The zero-order valence-corrected chi connectivity index (χ0v) is 11.8. The quantitative estimate of drug-likeness (QED) is 0.798. The summed E-state index contributed by atoms with van der Waals surface area (Å²) in [7, 11) is 3.74. The van der Waals surface area contributed by atoms with Crippen molar-refractivity contribution in [1.29, 1.82) is 0 Å². The number of hydrogen-bond donors (Lipinski definition) is 0. The van der Waals surface area contributed by atoms with Crippen molar-refractivity contribution in [3.63, 3.8) is 0 Å². The fraction of sp³-hybridized carbons (Fsp3) is 0.400. The number of ether oxygens (including phenoxy) is 1. The minimum Gasteiger partial charge on any atom is -0.481 e. The molecular weight excluding hydrogens is 238 g/mol. The van der Waals surface area contributed by atoms with Crippen LogP contribution in [0, 0.1) is 0 Å². The molecule has 0 saturated heterocycles. The Balaban J connectivity index is 1.94. The highest BCUT2D eigenvalue weighted by Crippen LogP contribution is 2.10. The molecule has 2 rings (SSSR count). The largest absolute Gasteiger partial charge is 0.481 e. The van der Waals surface area contributed by atoms with Gasteiger partial charge in [-0.2, -0.15) is 0 Å². The van der Waals surface area contributed by atoms with Crippen LogP contribution in [0.4, 0.5) is 0 Å². The Bertz CT molecular complexity index is 522. The maximum Gasteiger partial charge on any atom is 0.213 e. The molecule has 0 N–H and O–H groups in total. The highest BCUT2D eigenvalue weighted by molar-refractivity contribution is 5.16. The van der Waals surface area contributed by atoms with Crippen molar-refractivity contribution in [2.75, 3.05) is 14.2 Å². The van der Waals surface area contributed by atoms with Gasteiger partial charge in [-0.1, -0.05) is 6.07 Å². The lowest BCUT2D eigenvalue weighted by atomic mass is 10.3. The summed E-state index contributed by atoms with van der Waals surface area (Å²) in [6, 6.07) is 8.03. The van der Waals surface area contributed by atoms with Crippen molar-refractivity contribution in [3.05, 3.63) is 47.9 Å². The van der Waals surface area contributed by atoms with Gasteiger partial charge in [0.2, 0.25) is 5.88 Å². The molecule has 102 valence electrons. The first-order valence-corrected chi connectivity index (χ1v) is 6.54. The highest BCUT2D eigenvalue weighted by Gasteiger charge is 2.05. The van der Waals surface area contributed by atoms with E-state index in [1.54, 1.807) is 7.11 Å². The van der Waals surface area contributed by atoms with Crippen LogP contribution in [0.2, 0.25) is 0 Å². The lowest BCUT2D eigenvalue weighted by molar-refractivity contribution is 0.312. The zero-order chi connectivity index (χ0) is 13.7. The molecule has 2 aromatic rings. The van der Waals surface area contributed by atoms with Crippen LogP contribution in [0.25, 0.3) is 0 Å². The molecule has 2 aromatic heterocycles. The fourth-order valence-electron chi connectivity index (χ4n) is 2.08. The normalized spacial score (nSPS) is 10.9. The summed E-state index contributed by atoms with van der Waals surface area (Å²) >= 11 is 0. The van der Waals surface area contributed by atoms with Crippen LogP contribution in [0.3, 0.4) is 0 Å². The third-order valence-electron chi connectivity index (χ3n) is 3.05. The molecule has 0 spiro atoms. The average Bonchev–Trinajstić information content (AvgIpc) is 2.86. The molecule has 0 radical (unpaired) electrons. The molecule has 0 aromatic carbocycles. The molecule has 0 bridgehead atoms. The lowest BCUT2D eigenvalue weighted by Gasteiger charge is -2.15. The van der Waals surface area contributed by atoms with Crippen LogP contribution in [0.15, 0.2) is 36.7 Å². The number of hydrogen-bond acceptors (Lipinski definition) is 3. The van der Waals surface area contributed by atoms with Gasteiger partial charge in [-0.15, -0.1) is 0 Å². The maximum atomic E-state index is 5.14. The van der Waals surface area contributed by atoms with Gasteiger partial charge in [-0.05, 0) is 31.7 Å². The Hall–Kier alpha value is -1.81. The van der Waals surface area contributed by atoms with Crippen molar-refractivity contribution in [3.8, 4) is 5.88 Å². The van der Waals surface area contributed by atoms with Gasteiger partial charge in [-0.3, -0.25) is 4.90 Å². The van der Waals surface area contributed by atoms with Gasteiger partial charge < -0.3 is 9.30 Å². The maximum absolute atomic E-state index is 5.14. The predicted molar refractivity (Wildman–Crippen MR) is 76.1 cm³/mol. The summed E-state index contributed by atoms with van der Waals surface area (Å²) in [5.74, 6) is 0.669. The Morgan fingerprint density at radius 3 is 2.79 bits per heavy atom. The number of aryl methyl sites for hydroxylation is 1. The second-order valence-corrected chi connectivity index (χ2v) is 4.69. The van der Waals surface area contributed by atoms with Gasteiger partial charge in [0.05, 0.1) is 12.8 Å². The topological polar surface area (TPSA) is 30.3 Å². The van der Waals surface area contributed by atoms with Crippen molar-refractivity contribution in [1.82, 2.24) is 14.5 Å². The summed E-state index contributed by atoms with van der Waals surface area (Å²) in [5.41, 5.74) is 2.35. The van der Waals surface area contributed by atoms with E-state index < -0.39 is 0 Å². The third kappa shape index (κ3) is 3.83. The second kappa shape index (κ2) is 6.38. The van der Waals surface area contributed by atoms with Crippen LogP contribution < -0.4 is 4.74 Å². The first kappa shape index (κ1) is 13.6. The Kier molecular flexibility index (Phi) is 4.58. The molecule has 0 aliphatic heterocycles. The van der Waals surface area contributed by atoms with Crippen molar-refractivity contribution in [2.24, 2.45) is 0 Å². The summed E-state index contributed by atoms with van der Waals surface area (Å²) in [6.07, 6.45) is 4.31. The van der Waals surface area contributed by atoms with Crippen molar-refractivity contribution in [2.45, 2.75) is 26.6 Å². The Morgan fingerprint density at radius 1 is 1.26 bits per heavy atom. The van der Waals surface area contributed by atoms with Crippen LogP contribution in [0.5, 0.6) is 5.88 Å². The molecular formula is C15H21N3O. The molecule has 0 aliphatic carbocycles. The van der Waals surface area contributed by atoms with E-state index >= 15 is 0 Å². The fourth-order valence-corrected chi connectivity index (χ4v) is 2.08. The van der Waals surface area contributed by atoms with Gasteiger partial charge in [0.1, 0.15) is 0 Å². The predicted octanol–water partition coefficient (Wildman–Crippen LogP) is 2.54. The molecule has 4 nitrogen and oxygen atoms in total.